The van der Waals surface area contributed by atoms with Crippen LogP contribution in [-0.2, 0) is 15.8 Å². The highest BCUT2D eigenvalue weighted by Gasteiger charge is 2.33. The molecule has 3 rings (SSSR count). The van der Waals surface area contributed by atoms with Gasteiger partial charge in [0, 0.05) is 24.8 Å². The number of amides is 1. The number of hydrogen-bond donors (Lipinski definition) is 1. The summed E-state index contributed by atoms with van der Waals surface area (Å²) in [6, 6.07) is 7.78. The predicted molar refractivity (Wildman–Crippen MR) is 106 cm³/mol. The normalized spacial score (nSPS) is 15.7. The SMILES string of the molecule is CC(F)(F)c1ncc(C(=O)N[C@@H](/C=C/S(C)(=O)=O)C2CC2)c(Oc2ccccc2)n1. The maximum atomic E-state index is 13.7. The summed E-state index contributed by atoms with van der Waals surface area (Å²) < 4.78 is 55.8. The van der Waals surface area contributed by atoms with Gasteiger partial charge in [0.15, 0.2) is 9.84 Å². The number of para-hydroxylation sites is 1. The molecule has 1 fully saturated rings. The summed E-state index contributed by atoms with van der Waals surface area (Å²) in [6.45, 7) is 0.646. The van der Waals surface area contributed by atoms with Crippen LogP contribution in [0.25, 0.3) is 0 Å². The number of rotatable bonds is 8. The molecule has 1 aliphatic rings. The summed E-state index contributed by atoms with van der Waals surface area (Å²) in [5.74, 6) is -4.65. The quantitative estimate of drug-likeness (QED) is 0.679. The molecule has 30 heavy (non-hydrogen) atoms. The molecule has 0 unspecified atom stereocenters. The van der Waals surface area contributed by atoms with Crippen LogP contribution < -0.4 is 10.1 Å². The lowest BCUT2D eigenvalue weighted by molar-refractivity contribution is 0.00707. The topological polar surface area (TPSA) is 98.2 Å². The van der Waals surface area contributed by atoms with Crippen LogP contribution in [0.2, 0.25) is 0 Å². The Morgan fingerprint density at radius 2 is 1.97 bits per heavy atom. The molecule has 7 nitrogen and oxygen atoms in total. The number of nitrogens with one attached hydrogen (secondary N) is 1. The number of nitrogens with zero attached hydrogens (tertiary/aromatic N) is 2. The predicted octanol–water partition coefficient (Wildman–Crippen LogP) is 3.45. The van der Waals surface area contributed by atoms with Crippen LogP contribution in [0.1, 0.15) is 35.9 Å². The standard InChI is InChI=1S/C20H21F2N3O4S/c1-20(21,22)19-23-12-15(18(25-19)29-14-6-4-3-5-7-14)17(26)24-16(13-8-9-13)10-11-30(2,27)28/h3-7,10-13,16H,8-9H2,1-2H3,(H,24,26)/b11-10+/t16-/m0/s1. The van der Waals surface area contributed by atoms with E-state index in [0.29, 0.717) is 12.7 Å². The number of benzene rings is 1. The van der Waals surface area contributed by atoms with Crippen molar-refractivity contribution in [3.63, 3.8) is 0 Å². The lowest BCUT2D eigenvalue weighted by Crippen LogP contribution is -2.35. The Morgan fingerprint density at radius 1 is 1.30 bits per heavy atom. The molecule has 0 saturated heterocycles. The fourth-order valence-corrected chi connectivity index (χ4v) is 3.10. The first-order chi connectivity index (χ1) is 14.0. The molecule has 10 heteroatoms. The number of hydrogen-bond acceptors (Lipinski definition) is 6. The number of sulfone groups is 1. The second-order valence-electron chi connectivity index (χ2n) is 7.21. The summed E-state index contributed by atoms with van der Waals surface area (Å²) in [6.07, 6.45) is 5.13. The number of halogens is 2. The molecule has 160 valence electrons. The summed E-state index contributed by atoms with van der Waals surface area (Å²) >= 11 is 0. The van der Waals surface area contributed by atoms with E-state index < -0.39 is 33.5 Å². The van der Waals surface area contributed by atoms with E-state index >= 15 is 0 Å². The Bertz CT molecular complexity index is 1050. The van der Waals surface area contributed by atoms with Gasteiger partial charge < -0.3 is 10.1 Å². The van der Waals surface area contributed by atoms with Gasteiger partial charge in [-0.15, -0.1) is 0 Å². The van der Waals surface area contributed by atoms with Gasteiger partial charge in [-0.05, 0) is 30.9 Å². The second-order valence-corrected chi connectivity index (χ2v) is 9.14. The average molecular weight is 437 g/mol. The Hall–Kier alpha value is -2.88. The fourth-order valence-electron chi connectivity index (χ4n) is 2.65. The van der Waals surface area contributed by atoms with Crippen LogP contribution in [0.5, 0.6) is 11.6 Å². The first kappa shape index (κ1) is 21.8. The molecule has 1 saturated carbocycles. The molecule has 0 radical (unpaired) electrons. The fraction of sp³-hybridized carbons (Fsp3) is 0.350. The van der Waals surface area contributed by atoms with Crippen molar-refractivity contribution in [3.8, 4) is 11.6 Å². The van der Waals surface area contributed by atoms with Gasteiger partial charge in [0.1, 0.15) is 11.3 Å². The second kappa shape index (κ2) is 8.47. The first-order valence-electron chi connectivity index (χ1n) is 9.20. The van der Waals surface area contributed by atoms with Crippen molar-refractivity contribution < 1.29 is 26.7 Å². The lowest BCUT2D eigenvalue weighted by Gasteiger charge is -2.17. The maximum Gasteiger partial charge on any atom is 0.303 e. The number of carbonyl (C=O) groups is 1. The van der Waals surface area contributed by atoms with Crippen molar-refractivity contribution in [2.45, 2.75) is 31.7 Å². The third-order valence-corrected chi connectivity index (χ3v) is 4.96. The van der Waals surface area contributed by atoms with Crippen molar-refractivity contribution in [2.24, 2.45) is 5.92 Å². The summed E-state index contributed by atoms with van der Waals surface area (Å²) in [4.78, 5) is 20.2. The summed E-state index contributed by atoms with van der Waals surface area (Å²) in [5, 5.41) is 3.75. The monoisotopic (exact) mass is 437 g/mol. The Kier molecular flexibility index (Phi) is 6.16. The zero-order valence-corrected chi connectivity index (χ0v) is 17.2. The van der Waals surface area contributed by atoms with Crippen LogP contribution >= 0.6 is 0 Å². The first-order valence-corrected chi connectivity index (χ1v) is 11.2. The molecular weight excluding hydrogens is 416 g/mol. The molecule has 1 aliphatic carbocycles. The van der Waals surface area contributed by atoms with Crippen molar-refractivity contribution >= 4 is 15.7 Å². The third kappa shape index (κ3) is 6.06. The lowest BCUT2D eigenvalue weighted by atomic mass is 10.1. The zero-order valence-electron chi connectivity index (χ0n) is 16.4. The van der Waals surface area contributed by atoms with E-state index in [2.05, 4.69) is 15.3 Å². The Labute approximate surface area is 173 Å². The zero-order chi connectivity index (χ0) is 21.9. The van der Waals surface area contributed by atoms with Gasteiger partial charge in [-0.3, -0.25) is 4.79 Å². The summed E-state index contributed by atoms with van der Waals surface area (Å²) in [7, 11) is -3.36. The van der Waals surface area contributed by atoms with Gasteiger partial charge in [0.25, 0.3) is 5.91 Å². The van der Waals surface area contributed by atoms with E-state index in [1.165, 1.54) is 6.08 Å². The largest absolute Gasteiger partial charge is 0.438 e. The van der Waals surface area contributed by atoms with Gasteiger partial charge in [-0.2, -0.15) is 13.8 Å². The van der Waals surface area contributed by atoms with E-state index in [1.807, 2.05) is 0 Å². The van der Waals surface area contributed by atoms with E-state index in [4.69, 9.17) is 4.74 Å². The molecule has 1 aromatic heterocycles. The van der Waals surface area contributed by atoms with Crippen LogP contribution in [0, 0.1) is 5.92 Å². The third-order valence-electron chi connectivity index (χ3n) is 4.31. The smallest absolute Gasteiger partial charge is 0.303 e. The molecule has 0 spiro atoms. The van der Waals surface area contributed by atoms with E-state index in [-0.39, 0.29) is 17.4 Å². The van der Waals surface area contributed by atoms with Crippen molar-refractivity contribution in [2.75, 3.05) is 6.26 Å². The van der Waals surface area contributed by atoms with Crippen molar-refractivity contribution in [1.29, 1.82) is 0 Å². The minimum Gasteiger partial charge on any atom is -0.438 e. The minimum atomic E-state index is -3.36. The molecule has 1 heterocycles. The van der Waals surface area contributed by atoms with Gasteiger partial charge in [-0.25, -0.2) is 13.4 Å². The molecule has 0 bridgehead atoms. The molecular formula is C20H21F2N3O4S. The van der Waals surface area contributed by atoms with E-state index in [0.717, 1.165) is 30.7 Å². The Morgan fingerprint density at radius 3 is 2.53 bits per heavy atom. The van der Waals surface area contributed by atoms with Crippen LogP contribution in [-0.4, -0.2) is 36.6 Å². The van der Waals surface area contributed by atoms with Gasteiger partial charge in [0.2, 0.25) is 11.7 Å². The Balaban J connectivity index is 1.90. The van der Waals surface area contributed by atoms with E-state index in [9.17, 15) is 22.0 Å². The highest BCUT2D eigenvalue weighted by Crippen LogP contribution is 2.34. The highest BCUT2D eigenvalue weighted by molar-refractivity contribution is 7.93. The van der Waals surface area contributed by atoms with Crippen LogP contribution in [0.3, 0.4) is 0 Å². The number of alkyl halides is 2. The van der Waals surface area contributed by atoms with Crippen LogP contribution in [0.4, 0.5) is 8.78 Å². The van der Waals surface area contributed by atoms with Crippen molar-refractivity contribution in [3.05, 3.63) is 59.4 Å². The molecule has 1 N–H and O–H groups in total. The van der Waals surface area contributed by atoms with Gasteiger partial charge in [-0.1, -0.05) is 24.3 Å². The van der Waals surface area contributed by atoms with Crippen molar-refractivity contribution in [1.82, 2.24) is 15.3 Å². The molecule has 1 atom stereocenters. The number of aromatic nitrogens is 2. The van der Waals surface area contributed by atoms with Gasteiger partial charge >= 0.3 is 5.92 Å². The number of carbonyl (C=O) groups excluding carboxylic acids is 1. The van der Waals surface area contributed by atoms with Gasteiger partial charge in [0.05, 0.1) is 6.04 Å². The number of ether oxygens (including phenoxy) is 1. The maximum absolute atomic E-state index is 13.7. The molecule has 1 aromatic carbocycles. The van der Waals surface area contributed by atoms with Crippen LogP contribution in [0.15, 0.2) is 48.0 Å². The average Bonchev–Trinajstić information content (AvgIpc) is 3.49. The highest BCUT2D eigenvalue weighted by atomic mass is 32.2. The molecule has 1 amide bonds. The molecule has 2 aromatic rings. The van der Waals surface area contributed by atoms with E-state index in [1.54, 1.807) is 30.3 Å². The summed E-state index contributed by atoms with van der Waals surface area (Å²) in [5.41, 5.74) is -0.134. The minimum absolute atomic E-state index is 0.102. The molecule has 0 aliphatic heterocycles.